The number of sulfonamides is 1. The summed E-state index contributed by atoms with van der Waals surface area (Å²) in [4.78, 5) is 0. The van der Waals surface area contributed by atoms with Crippen molar-refractivity contribution in [1.29, 1.82) is 0 Å². The smallest absolute Gasteiger partial charge is 0.211 e. The molecular formula is C13H21BrN2O2S. The highest BCUT2D eigenvalue weighted by atomic mass is 79.9. The van der Waals surface area contributed by atoms with E-state index in [4.69, 9.17) is 0 Å². The summed E-state index contributed by atoms with van der Waals surface area (Å²) in [5.41, 5.74) is 0.950. The van der Waals surface area contributed by atoms with E-state index in [9.17, 15) is 8.42 Å². The molecule has 0 spiro atoms. The van der Waals surface area contributed by atoms with Gasteiger partial charge < -0.3 is 5.32 Å². The number of hydrogen-bond donors (Lipinski definition) is 2. The van der Waals surface area contributed by atoms with Crippen LogP contribution in [0.1, 0.15) is 25.3 Å². The van der Waals surface area contributed by atoms with Crippen molar-refractivity contribution >= 4 is 26.0 Å². The summed E-state index contributed by atoms with van der Waals surface area (Å²) in [6.07, 6.45) is 1.56. The van der Waals surface area contributed by atoms with Crippen molar-refractivity contribution in [3.05, 3.63) is 34.3 Å². The van der Waals surface area contributed by atoms with Crippen LogP contribution in [0.25, 0.3) is 0 Å². The monoisotopic (exact) mass is 348 g/mol. The molecule has 6 heteroatoms. The van der Waals surface area contributed by atoms with E-state index in [0.29, 0.717) is 13.0 Å². The van der Waals surface area contributed by atoms with Crippen LogP contribution < -0.4 is 10.0 Å². The average molecular weight is 349 g/mol. The van der Waals surface area contributed by atoms with E-state index >= 15 is 0 Å². The second-order valence-corrected chi connectivity index (χ2v) is 7.17. The lowest BCUT2D eigenvalue weighted by molar-refractivity contribution is 0.574. The van der Waals surface area contributed by atoms with E-state index < -0.39 is 10.0 Å². The van der Waals surface area contributed by atoms with Gasteiger partial charge in [0, 0.05) is 11.0 Å². The molecule has 0 saturated heterocycles. The highest BCUT2D eigenvalue weighted by molar-refractivity contribution is 9.10. The maximum atomic E-state index is 11.8. The maximum Gasteiger partial charge on any atom is 0.211 e. The molecule has 0 heterocycles. The molecular weight excluding hydrogens is 328 g/mol. The second-order valence-electron chi connectivity index (χ2n) is 4.33. The average Bonchev–Trinajstić information content (AvgIpc) is 2.36. The number of benzene rings is 1. The number of rotatable bonds is 9. The molecule has 108 valence electrons. The number of hydrogen-bond acceptors (Lipinski definition) is 3. The summed E-state index contributed by atoms with van der Waals surface area (Å²) >= 11 is 3.36. The first kappa shape index (κ1) is 16.6. The molecule has 0 unspecified atom stereocenters. The first-order valence-electron chi connectivity index (χ1n) is 6.46. The molecule has 1 rings (SSSR count). The van der Waals surface area contributed by atoms with Gasteiger partial charge in [-0.1, -0.05) is 35.0 Å². The van der Waals surface area contributed by atoms with Crippen molar-refractivity contribution in [2.24, 2.45) is 0 Å². The minimum atomic E-state index is -3.17. The van der Waals surface area contributed by atoms with Crippen LogP contribution in [0, 0.1) is 0 Å². The Balaban J connectivity index is 2.30. The fourth-order valence-electron chi connectivity index (χ4n) is 1.63. The van der Waals surface area contributed by atoms with Crippen LogP contribution in [0.5, 0.6) is 0 Å². The predicted molar refractivity (Wildman–Crippen MR) is 82.5 cm³/mol. The molecule has 0 amide bonds. The molecule has 0 atom stereocenters. The van der Waals surface area contributed by atoms with Gasteiger partial charge in [-0.25, -0.2) is 13.1 Å². The fourth-order valence-corrected chi connectivity index (χ4v) is 3.19. The topological polar surface area (TPSA) is 58.2 Å². The summed E-state index contributed by atoms with van der Waals surface area (Å²) in [6, 6.07) is 7.62. The van der Waals surface area contributed by atoms with E-state index in [2.05, 4.69) is 26.0 Å². The Morgan fingerprint density at radius 2 is 2.05 bits per heavy atom. The highest BCUT2D eigenvalue weighted by Crippen LogP contribution is 2.11. The van der Waals surface area contributed by atoms with Crippen molar-refractivity contribution in [1.82, 2.24) is 10.0 Å². The molecule has 0 aromatic heterocycles. The minimum Gasteiger partial charge on any atom is -0.317 e. The van der Waals surface area contributed by atoms with E-state index in [-0.39, 0.29) is 5.75 Å². The van der Waals surface area contributed by atoms with Crippen molar-refractivity contribution in [2.45, 2.75) is 26.3 Å². The maximum absolute atomic E-state index is 11.8. The third-order valence-corrected chi connectivity index (χ3v) is 4.56. The van der Waals surface area contributed by atoms with Crippen LogP contribution in [0.3, 0.4) is 0 Å². The summed E-state index contributed by atoms with van der Waals surface area (Å²) in [7, 11) is -3.17. The highest BCUT2D eigenvalue weighted by Gasteiger charge is 2.09. The van der Waals surface area contributed by atoms with E-state index in [1.54, 1.807) is 0 Å². The van der Waals surface area contributed by atoms with Crippen molar-refractivity contribution in [3.8, 4) is 0 Å². The van der Waals surface area contributed by atoms with Crippen molar-refractivity contribution in [3.63, 3.8) is 0 Å². The third-order valence-electron chi connectivity index (χ3n) is 2.65. The van der Waals surface area contributed by atoms with Crippen molar-refractivity contribution < 1.29 is 8.42 Å². The predicted octanol–water partition coefficient (Wildman–Crippen LogP) is 2.26. The molecule has 0 aliphatic rings. The van der Waals surface area contributed by atoms with E-state index in [0.717, 1.165) is 29.5 Å². The van der Waals surface area contributed by atoms with Gasteiger partial charge in [0.2, 0.25) is 10.0 Å². The van der Waals surface area contributed by atoms with Crippen LogP contribution in [-0.2, 0) is 16.6 Å². The number of halogens is 1. The molecule has 0 bridgehead atoms. The zero-order chi connectivity index (χ0) is 14.1. The Hall–Kier alpha value is -0.430. The summed E-state index contributed by atoms with van der Waals surface area (Å²) in [5.74, 6) is 0.187. The van der Waals surface area contributed by atoms with Crippen LogP contribution in [-0.4, -0.2) is 27.3 Å². The summed E-state index contributed by atoms with van der Waals surface area (Å²) in [6.45, 7) is 4.18. The normalized spacial score (nSPS) is 11.7. The molecule has 1 aromatic carbocycles. The Morgan fingerprint density at radius 1 is 1.26 bits per heavy atom. The lowest BCUT2D eigenvalue weighted by Crippen LogP contribution is -2.26. The van der Waals surface area contributed by atoms with Crippen LogP contribution in [0.2, 0.25) is 0 Å². The van der Waals surface area contributed by atoms with Gasteiger partial charge in [0.1, 0.15) is 0 Å². The van der Waals surface area contributed by atoms with Crippen molar-refractivity contribution in [2.75, 3.05) is 18.8 Å². The summed E-state index contributed by atoms with van der Waals surface area (Å²) < 4.78 is 27.1. The minimum absolute atomic E-state index is 0.187. The Kier molecular flexibility index (Phi) is 7.60. The Labute approximate surface area is 124 Å². The van der Waals surface area contributed by atoms with Gasteiger partial charge >= 0.3 is 0 Å². The second kappa shape index (κ2) is 8.68. The van der Waals surface area contributed by atoms with Gasteiger partial charge in [0.05, 0.1) is 5.75 Å². The van der Waals surface area contributed by atoms with E-state index in [1.165, 1.54) is 0 Å². The Morgan fingerprint density at radius 3 is 2.74 bits per heavy atom. The van der Waals surface area contributed by atoms with Gasteiger partial charge in [0.15, 0.2) is 0 Å². The molecule has 2 N–H and O–H groups in total. The van der Waals surface area contributed by atoms with Crippen LogP contribution >= 0.6 is 15.9 Å². The molecule has 4 nitrogen and oxygen atoms in total. The molecule has 0 aliphatic heterocycles. The summed E-state index contributed by atoms with van der Waals surface area (Å²) in [5, 5.41) is 3.18. The third kappa shape index (κ3) is 7.67. The molecule has 0 fully saturated rings. The lowest BCUT2D eigenvalue weighted by Gasteiger charge is -2.07. The van der Waals surface area contributed by atoms with Crippen LogP contribution in [0.4, 0.5) is 0 Å². The van der Waals surface area contributed by atoms with Gasteiger partial charge in [-0.15, -0.1) is 0 Å². The molecule has 0 saturated carbocycles. The molecule has 0 aliphatic carbocycles. The molecule has 19 heavy (non-hydrogen) atoms. The first-order valence-corrected chi connectivity index (χ1v) is 8.90. The standard InChI is InChI=1S/C13H21BrN2O2S/c1-2-15-8-3-4-9-19(17,18)16-11-12-6-5-7-13(14)10-12/h5-7,10,15-16H,2-4,8-9,11H2,1H3. The SMILES string of the molecule is CCNCCCCS(=O)(=O)NCc1cccc(Br)c1. The quantitative estimate of drug-likeness (QED) is 0.673. The van der Waals surface area contributed by atoms with Gasteiger partial charge in [0.25, 0.3) is 0 Å². The number of nitrogens with one attached hydrogen (secondary N) is 2. The Bertz CT molecular complexity index is 477. The van der Waals surface area contributed by atoms with E-state index in [1.807, 2.05) is 31.2 Å². The zero-order valence-electron chi connectivity index (χ0n) is 11.2. The zero-order valence-corrected chi connectivity index (χ0v) is 13.6. The lowest BCUT2D eigenvalue weighted by atomic mass is 10.2. The molecule has 0 radical (unpaired) electrons. The fraction of sp³-hybridized carbons (Fsp3) is 0.538. The van der Waals surface area contributed by atoms with Gasteiger partial charge in [-0.3, -0.25) is 0 Å². The molecule has 1 aromatic rings. The number of unbranched alkanes of at least 4 members (excludes halogenated alkanes) is 1. The largest absolute Gasteiger partial charge is 0.317 e. The van der Waals surface area contributed by atoms with Crippen LogP contribution in [0.15, 0.2) is 28.7 Å². The first-order chi connectivity index (χ1) is 9.03. The van der Waals surface area contributed by atoms with Gasteiger partial charge in [-0.05, 0) is 43.6 Å². The van der Waals surface area contributed by atoms with Gasteiger partial charge in [-0.2, -0.15) is 0 Å².